The van der Waals surface area contributed by atoms with Crippen LogP contribution in [0.2, 0.25) is 0 Å². The van der Waals surface area contributed by atoms with E-state index in [4.69, 9.17) is 0 Å². The van der Waals surface area contributed by atoms with Gasteiger partial charge in [-0.05, 0) is 49.5 Å². The van der Waals surface area contributed by atoms with Gasteiger partial charge >= 0.3 is 0 Å². The van der Waals surface area contributed by atoms with E-state index in [1.54, 1.807) is 0 Å². The van der Waals surface area contributed by atoms with E-state index < -0.39 is 0 Å². The Morgan fingerprint density at radius 2 is 1.81 bits per heavy atom. The summed E-state index contributed by atoms with van der Waals surface area (Å²) in [6.07, 6.45) is 16.2. The maximum absolute atomic E-state index is 12.5. The predicted octanol–water partition coefficient (Wildman–Crippen LogP) is 5.56. The third-order valence-corrected chi connectivity index (χ3v) is 6.06. The van der Waals surface area contributed by atoms with Gasteiger partial charge in [-0.1, -0.05) is 51.3 Å². The first-order chi connectivity index (χ1) is 10.1. The molecular formula is C19H30OS. The molecule has 0 bridgehead atoms. The summed E-state index contributed by atoms with van der Waals surface area (Å²) >= 11 is 2.07. The third kappa shape index (κ3) is 5.02. The van der Waals surface area contributed by atoms with Crippen molar-refractivity contribution in [3.8, 4) is 0 Å². The van der Waals surface area contributed by atoms with Crippen LogP contribution in [0.1, 0.15) is 65.2 Å². The summed E-state index contributed by atoms with van der Waals surface area (Å²) in [7, 11) is 0. The average Bonchev–Trinajstić information content (AvgIpc) is 3.08. The molecule has 1 saturated heterocycles. The summed E-state index contributed by atoms with van der Waals surface area (Å²) in [6, 6.07) is 0. The predicted molar refractivity (Wildman–Crippen MR) is 93.8 cm³/mol. The Morgan fingerprint density at radius 3 is 2.29 bits per heavy atom. The maximum atomic E-state index is 12.5. The Kier molecular flexibility index (Phi) is 6.60. The summed E-state index contributed by atoms with van der Waals surface area (Å²) in [6.45, 7) is 4.35. The zero-order valence-corrected chi connectivity index (χ0v) is 14.5. The van der Waals surface area contributed by atoms with E-state index in [0.717, 1.165) is 24.8 Å². The first-order valence-corrected chi connectivity index (χ1v) is 9.78. The van der Waals surface area contributed by atoms with Gasteiger partial charge in [-0.25, -0.2) is 0 Å². The molecule has 3 rings (SSSR count). The van der Waals surface area contributed by atoms with Gasteiger partial charge in [-0.3, -0.25) is 4.79 Å². The van der Waals surface area contributed by atoms with E-state index in [0.29, 0.717) is 11.7 Å². The summed E-state index contributed by atoms with van der Waals surface area (Å²) in [5.41, 5.74) is 0.886. The molecule has 0 aromatic rings. The summed E-state index contributed by atoms with van der Waals surface area (Å²) in [4.78, 5) is 12.5. The van der Waals surface area contributed by atoms with Gasteiger partial charge in [-0.15, -0.1) is 0 Å². The molecule has 0 amide bonds. The normalized spacial score (nSPS) is 27.5. The first-order valence-electron chi connectivity index (χ1n) is 8.63. The minimum Gasteiger partial charge on any atom is -0.294 e. The number of allylic oxidation sites excluding steroid dienone is 4. The lowest BCUT2D eigenvalue weighted by Crippen LogP contribution is -2.31. The van der Waals surface area contributed by atoms with Crippen molar-refractivity contribution >= 4 is 17.5 Å². The Labute approximate surface area is 134 Å². The standard InChI is InChI=1S/C15H22O.C4H8S/c1-12-6-8-13(9-7-12)14(16)15(2)10-4-3-5-11-15;1-2-4-5-3-1/h6,8-9,12H,3-5,7,10-11H2,1-2H3;1-4H2. The van der Waals surface area contributed by atoms with E-state index in [1.165, 1.54) is 43.6 Å². The molecule has 0 aromatic carbocycles. The number of carbonyl (C=O) groups excluding carboxylic acids is 1. The molecule has 1 atom stereocenters. The summed E-state index contributed by atoms with van der Waals surface area (Å²) in [5.74, 6) is 3.81. The lowest BCUT2D eigenvalue weighted by molar-refractivity contribution is -0.125. The molecule has 1 unspecified atom stereocenters. The Morgan fingerprint density at radius 1 is 1.14 bits per heavy atom. The number of Topliss-reactive ketones (excluding diaryl/α,β-unsaturated/α-hetero) is 1. The number of carbonyl (C=O) groups is 1. The van der Waals surface area contributed by atoms with Crippen LogP contribution in [0.15, 0.2) is 23.8 Å². The van der Waals surface area contributed by atoms with Crippen LogP contribution in [0.25, 0.3) is 0 Å². The third-order valence-electron chi connectivity index (χ3n) is 4.91. The van der Waals surface area contributed by atoms with Crippen LogP contribution in [-0.2, 0) is 4.79 Å². The second kappa shape index (κ2) is 8.22. The molecule has 0 aromatic heterocycles. The minimum absolute atomic E-state index is 0.0744. The van der Waals surface area contributed by atoms with Gasteiger partial charge in [0.2, 0.25) is 0 Å². The molecule has 0 N–H and O–H groups in total. The number of hydrogen-bond acceptors (Lipinski definition) is 2. The molecular weight excluding hydrogens is 276 g/mol. The maximum Gasteiger partial charge on any atom is 0.168 e. The van der Waals surface area contributed by atoms with Gasteiger partial charge in [0.25, 0.3) is 0 Å². The second-order valence-corrected chi connectivity index (χ2v) is 8.23. The molecule has 3 aliphatic rings. The highest BCUT2D eigenvalue weighted by Gasteiger charge is 2.35. The van der Waals surface area contributed by atoms with E-state index in [-0.39, 0.29) is 5.41 Å². The molecule has 1 nitrogen and oxygen atoms in total. The van der Waals surface area contributed by atoms with Gasteiger partial charge in [0, 0.05) is 11.0 Å². The van der Waals surface area contributed by atoms with Crippen LogP contribution >= 0.6 is 11.8 Å². The lowest BCUT2D eigenvalue weighted by Gasteiger charge is -2.32. The molecule has 0 radical (unpaired) electrons. The van der Waals surface area contributed by atoms with Crippen LogP contribution in [-0.4, -0.2) is 17.3 Å². The van der Waals surface area contributed by atoms with Crippen LogP contribution < -0.4 is 0 Å². The number of hydrogen-bond donors (Lipinski definition) is 0. The quantitative estimate of drug-likeness (QED) is 0.664. The van der Waals surface area contributed by atoms with Gasteiger partial charge in [0.1, 0.15) is 0 Å². The molecule has 21 heavy (non-hydrogen) atoms. The van der Waals surface area contributed by atoms with Crippen molar-refractivity contribution in [3.63, 3.8) is 0 Å². The zero-order chi connectivity index (χ0) is 15.1. The van der Waals surface area contributed by atoms with Crippen molar-refractivity contribution in [2.24, 2.45) is 11.3 Å². The van der Waals surface area contributed by atoms with Gasteiger partial charge < -0.3 is 0 Å². The fourth-order valence-corrected chi connectivity index (χ4v) is 4.33. The van der Waals surface area contributed by atoms with E-state index in [2.05, 4.69) is 37.8 Å². The van der Waals surface area contributed by atoms with Crippen LogP contribution in [0, 0.1) is 11.3 Å². The second-order valence-electron chi connectivity index (χ2n) is 7.00. The zero-order valence-electron chi connectivity index (χ0n) is 13.7. The molecule has 2 heteroatoms. The SMILES string of the molecule is C1CCSC1.CC1C=CC(C(=O)C2(C)CCCCC2)=CC1. The van der Waals surface area contributed by atoms with Crippen LogP contribution in [0.4, 0.5) is 0 Å². The molecule has 118 valence electrons. The molecule has 0 spiro atoms. The van der Waals surface area contributed by atoms with Crippen molar-refractivity contribution in [1.82, 2.24) is 0 Å². The van der Waals surface area contributed by atoms with Gasteiger partial charge in [0.15, 0.2) is 5.78 Å². The van der Waals surface area contributed by atoms with E-state index in [1.807, 2.05) is 6.08 Å². The Hall–Kier alpha value is -0.500. The highest BCUT2D eigenvalue weighted by Crippen LogP contribution is 2.39. The monoisotopic (exact) mass is 306 g/mol. The summed E-state index contributed by atoms with van der Waals surface area (Å²) < 4.78 is 0. The first kappa shape index (κ1) is 16.9. The van der Waals surface area contributed by atoms with Crippen LogP contribution in [0.3, 0.4) is 0 Å². The minimum atomic E-state index is -0.0744. The molecule has 2 fully saturated rings. The van der Waals surface area contributed by atoms with Gasteiger partial charge in [-0.2, -0.15) is 11.8 Å². The fourth-order valence-electron chi connectivity index (χ4n) is 3.31. The van der Waals surface area contributed by atoms with E-state index >= 15 is 0 Å². The lowest BCUT2D eigenvalue weighted by atomic mass is 9.70. The van der Waals surface area contributed by atoms with Crippen LogP contribution in [0.5, 0.6) is 0 Å². The van der Waals surface area contributed by atoms with Gasteiger partial charge in [0.05, 0.1) is 0 Å². The smallest absolute Gasteiger partial charge is 0.168 e. The highest BCUT2D eigenvalue weighted by atomic mass is 32.2. The Bertz CT molecular complexity index is 390. The molecule has 2 aliphatic carbocycles. The van der Waals surface area contributed by atoms with Crippen molar-refractivity contribution < 1.29 is 4.79 Å². The largest absolute Gasteiger partial charge is 0.294 e. The van der Waals surface area contributed by atoms with Crippen molar-refractivity contribution in [1.29, 1.82) is 0 Å². The molecule has 1 heterocycles. The number of thioether (sulfide) groups is 1. The number of rotatable bonds is 2. The fraction of sp³-hybridized carbons (Fsp3) is 0.737. The topological polar surface area (TPSA) is 17.1 Å². The Balaban J connectivity index is 0.000000272. The average molecular weight is 307 g/mol. The highest BCUT2D eigenvalue weighted by molar-refractivity contribution is 7.99. The van der Waals surface area contributed by atoms with Crippen molar-refractivity contribution in [2.75, 3.05) is 11.5 Å². The molecule has 1 aliphatic heterocycles. The van der Waals surface area contributed by atoms with Crippen molar-refractivity contribution in [3.05, 3.63) is 23.8 Å². The van der Waals surface area contributed by atoms with Crippen molar-refractivity contribution in [2.45, 2.75) is 65.2 Å². The molecule has 1 saturated carbocycles. The number of ketones is 1. The summed E-state index contributed by atoms with van der Waals surface area (Å²) in [5, 5.41) is 0. The van der Waals surface area contributed by atoms with E-state index in [9.17, 15) is 4.79 Å².